The molecule has 0 spiro atoms. The average molecular weight is 318 g/mol. The van der Waals surface area contributed by atoms with Gasteiger partial charge in [0.05, 0.1) is 6.54 Å². The van der Waals surface area contributed by atoms with Gasteiger partial charge in [-0.1, -0.05) is 44.2 Å². The lowest BCUT2D eigenvalue weighted by Crippen LogP contribution is -2.33. The fourth-order valence-electron chi connectivity index (χ4n) is 2.38. The Bertz CT molecular complexity index is 659. The molecule has 122 valence electrons. The van der Waals surface area contributed by atoms with Crippen LogP contribution in [0.5, 0.6) is 0 Å². The lowest BCUT2D eigenvalue weighted by molar-refractivity contribution is -0.115. The van der Waals surface area contributed by atoms with Crippen LogP contribution in [-0.4, -0.2) is 12.5 Å². The average Bonchev–Trinajstić information content (AvgIpc) is 2.52. The minimum atomic E-state index is -0.986. The summed E-state index contributed by atoms with van der Waals surface area (Å²) in [4.78, 5) is 12.0. The molecule has 0 bridgehead atoms. The van der Waals surface area contributed by atoms with Gasteiger partial charge in [0.25, 0.3) is 0 Å². The van der Waals surface area contributed by atoms with Gasteiger partial charge < -0.3 is 10.6 Å². The van der Waals surface area contributed by atoms with Crippen LogP contribution < -0.4 is 10.6 Å². The minimum absolute atomic E-state index is 0.0342. The maximum Gasteiger partial charge on any atom is 0.238 e. The Morgan fingerprint density at radius 2 is 1.74 bits per heavy atom. The molecule has 0 heterocycles. The van der Waals surface area contributed by atoms with Gasteiger partial charge in [0.1, 0.15) is 0 Å². The molecule has 0 aliphatic carbocycles. The zero-order valence-corrected chi connectivity index (χ0v) is 13.1. The van der Waals surface area contributed by atoms with E-state index in [1.807, 2.05) is 30.3 Å². The summed E-state index contributed by atoms with van der Waals surface area (Å²) >= 11 is 0. The first kappa shape index (κ1) is 17.1. The van der Waals surface area contributed by atoms with Crippen LogP contribution in [0.4, 0.5) is 14.5 Å². The topological polar surface area (TPSA) is 41.1 Å². The van der Waals surface area contributed by atoms with Crippen LogP contribution in [0.1, 0.15) is 25.5 Å². The highest BCUT2D eigenvalue weighted by atomic mass is 19.2. The molecule has 0 radical (unpaired) electrons. The van der Waals surface area contributed by atoms with E-state index in [4.69, 9.17) is 0 Å². The molecule has 23 heavy (non-hydrogen) atoms. The van der Waals surface area contributed by atoms with Crippen molar-refractivity contribution >= 4 is 11.6 Å². The van der Waals surface area contributed by atoms with Crippen LogP contribution in [0.3, 0.4) is 0 Å². The van der Waals surface area contributed by atoms with Crippen LogP contribution in [-0.2, 0) is 4.79 Å². The first-order valence-corrected chi connectivity index (χ1v) is 7.50. The number of benzene rings is 2. The van der Waals surface area contributed by atoms with Gasteiger partial charge in [-0.15, -0.1) is 0 Å². The number of hydrogen-bond acceptors (Lipinski definition) is 2. The minimum Gasteiger partial charge on any atom is -0.325 e. The fourth-order valence-corrected chi connectivity index (χ4v) is 2.38. The van der Waals surface area contributed by atoms with Crippen LogP contribution in [0.25, 0.3) is 0 Å². The fraction of sp³-hybridized carbons (Fsp3) is 0.278. The molecule has 1 atom stereocenters. The SMILES string of the molecule is CC(C)[C@@H](NCC(=O)Nc1ccc(F)c(F)c1)c1ccccc1. The quantitative estimate of drug-likeness (QED) is 0.848. The molecule has 0 saturated heterocycles. The molecule has 0 saturated carbocycles. The third kappa shape index (κ3) is 4.86. The van der Waals surface area contributed by atoms with Gasteiger partial charge in [0.15, 0.2) is 11.6 Å². The Balaban J connectivity index is 1.95. The number of rotatable bonds is 6. The van der Waals surface area contributed by atoms with Gasteiger partial charge in [-0.05, 0) is 23.6 Å². The molecule has 0 unspecified atom stereocenters. The standard InChI is InChI=1S/C18H20F2N2O/c1-12(2)18(13-6-4-3-5-7-13)21-11-17(23)22-14-8-9-15(19)16(20)10-14/h3-10,12,18,21H,11H2,1-2H3,(H,22,23)/t18-/m1/s1. The summed E-state index contributed by atoms with van der Waals surface area (Å²) in [6, 6.07) is 13.2. The number of anilines is 1. The van der Waals surface area contributed by atoms with E-state index in [-0.39, 0.29) is 24.2 Å². The molecule has 2 rings (SSSR count). The molecule has 2 aromatic carbocycles. The Morgan fingerprint density at radius 1 is 1.04 bits per heavy atom. The lowest BCUT2D eigenvalue weighted by Gasteiger charge is -2.22. The molecule has 5 heteroatoms. The highest BCUT2D eigenvalue weighted by Gasteiger charge is 2.16. The normalized spacial score (nSPS) is 12.2. The molecule has 2 aromatic rings. The van der Waals surface area contributed by atoms with E-state index < -0.39 is 11.6 Å². The summed E-state index contributed by atoms with van der Waals surface area (Å²) in [5, 5.41) is 5.75. The third-order valence-corrected chi connectivity index (χ3v) is 3.51. The van der Waals surface area contributed by atoms with Gasteiger partial charge in [-0.2, -0.15) is 0 Å². The first-order valence-electron chi connectivity index (χ1n) is 7.50. The van der Waals surface area contributed by atoms with Crippen LogP contribution in [0, 0.1) is 17.6 Å². The van der Waals surface area contributed by atoms with E-state index in [0.29, 0.717) is 5.92 Å². The first-order chi connectivity index (χ1) is 11.0. The summed E-state index contributed by atoms with van der Waals surface area (Å²) in [6.45, 7) is 4.21. The molecule has 2 N–H and O–H groups in total. The summed E-state index contributed by atoms with van der Waals surface area (Å²) in [5.74, 6) is -1.93. The lowest BCUT2D eigenvalue weighted by atomic mass is 9.96. The zero-order chi connectivity index (χ0) is 16.8. The van der Waals surface area contributed by atoms with Gasteiger partial charge in [-0.25, -0.2) is 8.78 Å². The number of amides is 1. The maximum absolute atomic E-state index is 13.1. The number of hydrogen-bond donors (Lipinski definition) is 2. The number of carbonyl (C=O) groups is 1. The van der Waals surface area contributed by atoms with Gasteiger partial charge in [0.2, 0.25) is 5.91 Å². The van der Waals surface area contributed by atoms with E-state index >= 15 is 0 Å². The molecular weight excluding hydrogens is 298 g/mol. The Kier molecular flexibility index (Phi) is 5.82. The highest BCUT2D eigenvalue weighted by Crippen LogP contribution is 2.21. The maximum atomic E-state index is 13.1. The summed E-state index contributed by atoms with van der Waals surface area (Å²) in [6.07, 6.45) is 0. The van der Waals surface area contributed by atoms with Crippen molar-refractivity contribution < 1.29 is 13.6 Å². The van der Waals surface area contributed by atoms with Crippen molar-refractivity contribution in [2.75, 3.05) is 11.9 Å². The van der Waals surface area contributed by atoms with Crippen LogP contribution >= 0.6 is 0 Å². The third-order valence-electron chi connectivity index (χ3n) is 3.51. The Labute approximate surface area is 134 Å². The van der Waals surface area contributed by atoms with Crippen molar-refractivity contribution in [1.29, 1.82) is 0 Å². The van der Waals surface area contributed by atoms with E-state index in [2.05, 4.69) is 24.5 Å². The highest BCUT2D eigenvalue weighted by molar-refractivity contribution is 5.92. The van der Waals surface area contributed by atoms with E-state index in [1.165, 1.54) is 6.07 Å². The van der Waals surface area contributed by atoms with Crippen molar-refractivity contribution in [3.05, 3.63) is 65.7 Å². The van der Waals surface area contributed by atoms with Crippen LogP contribution in [0.15, 0.2) is 48.5 Å². The number of nitrogens with one attached hydrogen (secondary N) is 2. The second-order valence-corrected chi connectivity index (χ2v) is 5.69. The molecular formula is C18H20F2N2O. The van der Waals surface area contributed by atoms with Crippen molar-refractivity contribution in [1.82, 2.24) is 5.32 Å². The summed E-state index contributed by atoms with van der Waals surface area (Å²) in [7, 11) is 0. The van der Waals surface area contributed by atoms with Crippen molar-refractivity contribution in [3.63, 3.8) is 0 Å². The Hall–Kier alpha value is -2.27. The van der Waals surface area contributed by atoms with E-state index in [9.17, 15) is 13.6 Å². The number of halogens is 2. The van der Waals surface area contributed by atoms with E-state index in [1.54, 1.807) is 0 Å². The smallest absolute Gasteiger partial charge is 0.238 e. The van der Waals surface area contributed by atoms with Gasteiger partial charge in [-0.3, -0.25) is 4.79 Å². The van der Waals surface area contributed by atoms with Crippen LogP contribution in [0.2, 0.25) is 0 Å². The summed E-state index contributed by atoms with van der Waals surface area (Å²) < 4.78 is 26.0. The molecule has 3 nitrogen and oxygen atoms in total. The summed E-state index contributed by atoms with van der Waals surface area (Å²) in [5.41, 5.74) is 1.33. The number of carbonyl (C=O) groups excluding carboxylic acids is 1. The monoisotopic (exact) mass is 318 g/mol. The molecule has 0 fully saturated rings. The Morgan fingerprint density at radius 3 is 2.35 bits per heavy atom. The van der Waals surface area contributed by atoms with Gasteiger partial charge in [0, 0.05) is 17.8 Å². The second-order valence-electron chi connectivity index (χ2n) is 5.69. The molecule has 0 aromatic heterocycles. The van der Waals surface area contributed by atoms with E-state index in [0.717, 1.165) is 17.7 Å². The largest absolute Gasteiger partial charge is 0.325 e. The van der Waals surface area contributed by atoms with Gasteiger partial charge >= 0.3 is 0 Å². The molecule has 1 amide bonds. The zero-order valence-electron chi connectivity index (χ0n) is 13.1. The van der Waals surface area contributed by atoms with Crippen molar-refractivity contribution in [2.45, 2.75) is 19.9 Å². The molecule has 0 aliphatic rings. The molecule has 0 aliphatic heterocycles. The van der Waals surface area contributed by atoms with Crippen molar-refractivity contribution in [2.24, 2.45) is 5.92 Å². The second kappa shape index (κ2) is 7.83. The predicted octanol–water partition coefficient (Wildman–Crippen LogP) is 3.89. The predicted molar refractivity (Wildman–Crippen MR) is 87.0 cm³/mol. The van der Waals surface area contributed by atoms with Crippen molar-refractivity contribution in [3.8, 4) is 0 Å².